The van der Waals surface area contributed by atoms with E-state index in [1.54, 1.807) is 0 Å². The van der Waals surface area contributed by atoms with Gasteiger partial charge in [0.25, 0.3) is 0 Å². The second-order valence-electron chi connectivity index (χ2n) is 2.65. The van der Waals surface area contributed by atoms with E-state index in [1.807, 2.05) is 0 Å². The van der Waals surface area contributed by atoms with Crippen molar-refractivity contribution in [2.24, 2.45) is 0 Å². The van der Waals surface area contributed by atoms with E-state index in [1.165, 1.54) is 19.2 Å². The van der Waals surface area contributed by atoms with Gasteiger partial charge < -0.3 is 10.0 Å². The molecule has 0 radical (unpaired) electrons. The second kappa shape index (κ2) is 4.11. The van der Waals surface area contributed by atoms with Gasteiger partial charge in [-0.05, 0) is 13.0 Å². The average Bonchev–Trinajstić information content (AvgIpc) is 2.03. The van der Waals surface area contributed by atoms with Gasteiger partial charge in [0.1, 0.15) is 11.6 Å². The molecule has 0 fully saturated rings. The topological polar surface area (TPSA) is 83.3 Å². The van der Waals surface area contributed by atoms with E-state index in [2.05, 4.69) is 9.97 Å². The molecule has 13 heavy (non-hydrogen) atoms. The van der Waals surface area contributed by atoms with Crippen LogP contribution in [0.3, 0.4) is 0 Å². The Labute approximate surface area is 75.6 Å². The van der Waals surface area contributed by atoms with Crippen LogP contribution in [-0.4, -0.2) is 32.9 Å². The molecule has 1 heterocycles. The van der Waals surface area contributed by atoms with E-state index in [-0.39, 0.29) is 17.8 Å². The molecule has 6 heteroatoms. The Balaban J connectivity index is 2.85. The van der Waals surface area contributed by atoms with Gasteiger partial charge in [-0.15, -0.1) is 0 Å². The Morgan fingerprint density at radius 1 is 1.62 bits per heavy atom. The van der Waals surface area contributed by atoms with Crippen LogP contribution >= 0.6 is 0 Å². The number of carbonyl (C=O) groups excluding carboxylic acids is 1. The van der Waals surface area contributed by atoms with Crippen LogP contribution in [0, 0.1) is 0 Å². The molecule has 68 valence electrons. The van der Waals surface area contributed by atoms with E-state index >= 15 is 0 Å². The van der Waals surface area contributed by atoms with Crippen LogP contribution in [-0.2, 0) is 11.2 Å². The van der Waals surface area contributed by atoms with E-state index in [0.29, 0.717) is 5.82 Å². The molecule has 0 unspecified atom stereocenters. The zero-order chi connectivity index (χ0) is 9.84. The van der Waals surface area contributed by atoms with Crippen LogP contribution in [0.15, 0.2) is 12.3 Å². The maximum atomic E-state index is 10.7. The van der Waals surface area contributed by atoms with Crippen LogP contribution in [0.4, 0.5) is 0 Å². The van der Waals surface area contributed by atoms with Crippen LogP contribution in [0.5, 0.6) is 0 Å². The monoisotopic (exact) mass is 180 g/mol. The highest BCUT2D eigenvalue weighted by Crippen LogP contribution is 1.89. The zero-order valence-corrected chi connectivity index (χ0v) is 7.14. The molecule has 0 atom stereocenters. The molecule has 0 aliphatic carbocycles. The Bertz CT molecular complexity index is 316. The summed E-state index contributed by atoms with van der Waals surface area (Å²) in [7, 11) is -1.62. The lowest BCUT2D eigenvalue weighted by Gasteiger charge is -2.00. The normalized spacial score (nSPS) is 9.77. The summed E-state index contributed by atoms with van der Waals surface area (Å²) in [6, 6.07) is 1.38. The number of Topliss-reactive ketones (excluding diaryl/α,β-unsaturated/α-hetero) is 1. The molecule has 0 spiro atoms. The van der Waals surface area contributed by atoms with Crippen LogP contribution < -0.4 is 5.59 Å². The minimum Gasteiger partial charge on any atom is -0.422 e. The maximum Gasteiger partial charge on any atom is 0.508 e. The quantitative estimate of drug-likeness (QED) is 0.541. The summed E-state index contributed by atoms with van der Waals surface area (Å²) < 4.78 is 0. The number of hydrogen-bond donors (Lipinski definition) is 2. The maximum absolute atomic E-state index is 10.7. The highest BCUT2D eigenvalue weighted by molar-refractivity contribution is 6.57. The summed E-state index contributed by atoms with van der Waals surface area (Å²) >= 11 is 0. The van der Waals surface area contributed by atoms with Crippen molar-refractivity contribution in [2.75, 3.05) is 0 Å². The molecular formula is C7H9BN2O3. The summed E-state index contributed by atoms with van der Waals surface area (Å²) in [5.41, 5.74) is 0.103. The first kappa shape index (κ1) is 9.82. The third kappa shape index (κ3) is 2.92. The summed E-state index contributed by atoms with van der Waals surface area (Å²) in [5.74, 6) is 0.239. The van der Waals surface area contributed by atoms with Crippen molar-refractivity contribution < 1.29 is 14.8 Å². The second-order valence-corrected chi connectivity index (χ2v) is 2.65. The van der Waals surface area contributed by atoms with Crippen LogP contribution in [0.1, 0.15) is 12.7 Å². The van der Waals surface area contributed by atoms with Gasteiger partial charge in [-0.25, -0.2) is 9.97 Å². The van der Waals surface area contributed by atoms with Crippen molar-refractivity contribution in [1.29, 1.82) is 0 Å². The molecule has 1 aromatic rings. The van der Waals surface area contributed by atoms with Crippen molar-refractivity contribution in [1.82, 2.24) is 9.97 Å². The van der Waals surface area contributed by atoms with Gasteiger partial charge in [-0.3, -0.25) is 4.79 Å². The molecule has 0 aliphatic rings. The molecule has 0 amide bonds. The van der Waals surface area contributed by atoms with Gasteiger partial charge in [0.15, 0.2) is 0 Å². The molecule has 1 rings (SSSR count). The lowest BCUT2D eigenvalue weighted by molar-refractivity contribution is -0.116. The lowest BCUT2D eigenvalue weighted by Crippen LogP contribution is -2.33. The van der Waals surface area contributed by atoms with Gasteiger partial charge in [-0.1, -0.05) is 0 Å². The van der Waals surface area contributed by atoms with Crippen LogP contribution in [0.25, 0.3) is 0 Å². The highest BCUT2D eigenvalue weighted by atomic mass is 16.4. The van der Waals surface area contributed by atoms with Crippen molar-refractivity contribution in [3.63, 3.8) is 0 Å². The Hall–Kier alpha value is -1.27. The minimum atomic E-state index is -1.62. The number of carbonyl (C=O) groups is 1. The van der Waals surface area contributed by atoms with Gasteiger partial charge in [-0.2, -0.15) is 0 Å². The molecule has 5 nitrogen and oxygen atoms in total. The molecule has 1 aromatic heterocycles. The van der Waals surface area contributed by atoms with Crippen molar-refractivity contribution >= 4 is 18.5 Å². The molecule has 2 N–H and O–H groups in total. The first-order valence-electron chi connectivity index (χ1n) is 3.77. The van der Waals surface area contributed by atoms with Crippen molar-refractivity contribution in [3.05, 3.63) is 18.1 Å². The number of rotatable bonds is 3. The predicted molar refractivity (Wildman–Crippen MR) is 46.2 cm³/mol. The largest absolute Gasteiger partial charge is 0.508 e. The van der Waals surface area contributed by atoms with E-state index < -0.39 is 7.12 Å². The summed E-state index contributed by atoms with van der Waals surface area (Å²) in [5, 5.41) is 17.5. The number of nitrogens with zero attached hydrogens (tertiary/aromatic N) is 2. The van der Waals surface area contributed by atoms with Gasteiger partial charge in [0, 0.05) is 6.20 Å². The summed E-state index contributed by atoms with van der Waals surface area (Å²) in [4.78, 5) is 18.3. The van der Waals surface area contributed by atoms with E-state index in [9.17, 15) is 4.79 Å². The minimum absolute atomic E-state index is 0.0652. The van der Waals surface area contributed by atoms with E-state index in [4.69, 9.17) is 10.0 Å². The molecular weight excluding hydrogens is 171 g/mol. The molecule has 0 saturated carbocycles. The first-order valence-corrected chi connectivity index (χ1v) is 3.77. The fourth-order valence-corrected chi connectivity index (χ4v) is 0.866. The highest BCUT2D eigenvalue weighted by Gasteiger charge is 2.13. The summed E-state index contributed by atoms with van der Waals surface area (Å²) in [6.45, 7) is 1.42. The third-order valence-electron chi connectivity index (χ3n) is 1.40. The molecule has 0 aliphatic heterocycles. The number of aromatic nitrogens is 2. The smallest absolute Gasteiger partial charge is 0.422 e. The fraction of sp³-hybridized carbons (Fsp3) is 0.286. The third-order valence-corrected chi connectivity index (χ3v) is 1.40. The molecule has 0 bridgehead atoms. The Kier molecular flexibility index (Phi) is 3.10. The molecule has 0 saturated heterocycles. The number of hydrogen-bond acceptors (Lipinski definition) is 5. The van der Waals surface area contributed by atoms with Gasteiger partial charge >= 0.3 is 7.12 Å². The standard InChI is InChI=1S/C7H9BN2O3/c1-5(11)4-7-9-3-2-6(10-7)8(12)13/h2-3,12-13H,4H2,1H3. The van der Waals surface area contributed by atoms with Gasteiger partial charge in [0.05, 0.1) is 12.0 Å². The van der Waals surface area contributed by atoms with Crippen molar-refractivity contribution in [3.8, 4) is 0 Å². The van der Waals surface area contributed by atoms with Crippen LogP contribution in [0.2, 0.25) is 0 Å². The van der Waals surface area contributed by atoms with Gasteiger partial charge in [0.2, 0.25) is 0 Å². The SMILES string of the molecule is CC(=O)Cc1nccc(B(O)O)n1. The molecule has 0 aromatic carbocycles. The first-order chi connectivity index (χ1) is 6.09. The lowest BCUT2D eigenvalue weighted by atomic mass is 9.86. The van der Waals surface area contributed by atoms with Crippen molar-refractivity contribution in [2.45, 2.75) is 13.3 Å². The zero-order valence-electron chi connectivity index (χ0n) is 7.14. The Morgan fingerprint density at radius 3 is 2.85 bits per heavy atom. The predicted octanol–water partition coefficient (Wildman–Crippen LogP) is -1.71. The Morgan fingerprint density at radius 2 is 2.31 bits per heavy atom. The van der Waals surface area contributed by atoms with E-state index in [0.717, 1.165) is 0 Å². The summed E-state index contributed by atoms with van der Waals surface area (Å²) in [6.07, 6.45) is 1.50. The number of ketones is 1. The fourth-order valence-electron chi connectivity index (χ4n) is 0.866. The average molecular weight is 180 g/mol.